The van der Waals surface area contributed by atoms with Crippen LogP contribution in [0.15, 0.2) is 83.8 Å². The largest absolute Gasteiger partial charge is 0.324 e. The van der Waals surface area contributed by atoms with Gasteiger partial charge < -0.3 is 5.32 Å². The van der Waals surface area contributed by atoms with Gasteiger partial charge in [-0.25, -0.2) is 8.42 Å². The fraction of sp³-hybridized carbons (Fsp3) is 0.174. The highest BCUT2D eigenvalue weighted by molar-refractivity contribution is 7.89. The average Bonchev–Trinajstić information content (AvgIpc) is 2.74. The highest BCUT2D eigenvalue weighted by atomic mass is 35.5. The molecule has 7 heteroatoms. The number of hydrogen-bond acceptors (Lipinski definition) is 3. The highest BCUT2D eigenvalue weighted by Crippen LogP contribution is 2.18. The van der Waals surface area contributed by atoms with Crippen LogP contribution in [0.25, 0.3) is 0 Å². The average molecular weight is 443 g/mol. The molecule has 5 nitrogen and oxygen atoms in total. The Kier molecular flexibility index (Phi) is 7.26. The van der Waals surface area contributed by atoms with Crippen LogP contribution in [0.1, 0.15) is 18.1 Å². The predicted octanol–water partition coefficient (Wildman–Crippen LogP) is 4.43. The summed E-state index contributed by atoms with van der Waals surface area (Å²) in [7, 11) is -3.92. The van der Waals surface area contributed by atoms with E-state index in [1.54, 1.807) is 0 Å². The van der Waals surface area contributed by atoms with Gasteiger partial charge in [0.1, 0.15) is 6.04 Å². The Balaban J connectivity index is 1.88. The maximum Gasteiger partial charge on any atom is 0.242 e. The lowest BCUT2D eigenvalue weighted by Gasteiger charge is -2.20. The van der Waals surface area contributed by atoms with E-state index in [-0.39, 0.29) is 11.3 Å². The standard InChI is InChI=1S/C23H23ClN2O3S/c1-2-18-10-6-7-11-21(18)25-23(27)22(16-17-8-4-3-5-9-17)26-30(28,29)20-14-12-19(24)13-15-20/h3-15,22,26H,2,16H2,1H3,(H,25,27)/t22-/m0/s1. The molecular formula is C23H23ClN2O3S. The maximum absolute atomic E-state index is 13.1. The molecule has 0 heterocycles. The molecule has 156 valence electrons. The van der Waals surface area contributed by atoms with Gasteiger partial charge in [0.2, 0.25) is 15.9 Å². The first-order chi connectivity index (χ1) is 14.4. The fourth-order valence-corrected chi connectivity index (χ4v) is 4.40. The first-order valence-corrected chi connectivity index (χ1v) is 11.5. The molecule has 0 aromatic heterocycles. The van der Waals surface area contributed by atoms with Crippen molar-refractivity contribution in [3.63, 3.8) is 0 Å². The number of rotatable bonds is 8. The van der Waals surface area contributed by atoms with Crippen molar-refractivity contribution in [2.45, 2.75) is 30.7 Å². The number of anilines is 1. The number of halogens is 1. The van der Waals surface area contributed by atoms with Gasteiger partial charge in [-0.3, -0.25) is 4.79 Å². The number of carbonyl (C=O) groups excluding carboxylic acids is 1. The second-order valence-corrected chi connectivity index (χ2v) is 8.97. The van der Waals surface area contributed by atoms with E-state index in [1.807, 2.05) is 61.5 Å². The Labute approximate surface area is 182 Å². The zero-order chi connectivity index (χ0) is 21.6. The number of aryl methyl sites for hydroxylation is 1. The van der Waals surface area contributed by atoms with Gasteiger partial charge in [-0.1, -0.05) is 67.1 Å². The molecule has 0 fully saturated rings. The van der Waals surface area contributed by atoms with Gasteiger partial charge in [-0.2, -0.15) is 4.72 Å². The van der Waals surface area contributed by atoms with E-state index >= 15 is 0 Å². The molecule has 0 aliphatic heterocycles. The second kappa shape index (κ2) is 9.89. The molecule has 0 saturated carbocycles. The summed E-state index contributed by atoms with van der Waals surface area (Å²) < 4.78 is 28.3. The van der Waals surface area contributed by atoms with E-state index in [1.165, 1.54) is 24.3 Å². The number of carbonyl (C=O) groups is 1. The molecule has 1 atom stereocenters. The number of amides is 1. The lowest BCUT2D eigenvalue weighted by Crippen LogP contribution is -2.45. The summed E-state index contributed by atoms with van der Waals surface area (Å²) in [6.07, 6.45) is 0.962. The Morgan fingerprint density at radius 2 is 1.57 bits per heavy atom. The summed E-state index contributed by atoms with van der Waals surface area (Å²) in [5.41, 5.74) is 2.50. The van der Waals surface area contributed by atoms with Crippen LogP contribution in [0.2, 0.25) is 5.02 Å². The Morgan fingerprint density at radius 1 is 0.933 bits per heavy atom. The topological polar surface area (TPSA) is 75.3 Å². The molecular weight excluding hydrogens is 420 g/mol. The maximum atomic E-state index is 13.1. The van der Waals surface area contributed by atoms with Crippen molar-refractivity contribution in [3.05, 3.63) is 95.0 Å². The lowest BCUT2D eigenvalue weighted by atomic mass is 10.1. The summed E-state index contributed by atoms with van der Waals surface area (Å²) in [5, 5.41) is 3.31. The van der Waals surface area contributed by atoms with Gasteiger partial charge in [-0.05, 0) is 54.3 Å². The normalized spacial score (nSPS) is 12.3. The van der Waals surface area contributed by atoms with Crippen LogP contribution in [0.3, 0.4) is 0 Å². The van der Waals surface area contributed by atoms with Gasteiger partial charge in [0, 0.05) is 10.7 Å². The summed E-state index contributed by atoms with van der Waals surface area (Å²) >= 11 is 5.86. The highest BCUT2D eigenvalue weighted by Gasteiger charge is 2.26. The van der Waals surface area contributed by atoms with Gasteiger partial charge >= 0.3 is 0 Å². The molecule has 0 aliphatic rings. The minimum atomic E-state index is -3.92. The number of sulfonamides is 1. The molecule has 0 saturated heterocycles. The van der Waals surface area contributed by atoms with Crippen molar-refractivity contribution in [1.29, 1.82) is 0 Å². The van der Waals surface area contributed by atoms with Crippen LogP contribution in [-0.2, 0) is 27.7 Å². The van der Waals surface area contributed by atoms with Crippen molar-refractivity contribution >= 4 is 33.2 Å². The lowest BCUT2D eigenvalue weighted by molar-refractivity contribution is -0.117. The Hall–Kier alpha value is -2.67. The molecule has 30 heavy (non-hydrogen) atoms. The SMILES string of the molecule is CCc1ccccc1NC(=O)[C@H](Cc1ccccc1)NS(=O)(=O)c1ccc(Cl)cc1. The van der Waals surface area contributed by atoms with Gasteiger partial charge in [0.25, 0.3) is 0 Å². The quantitative estimate of drug-likeness (QED) is 0.541. The summed E-state index contributed by atoms with van der Waals surface area (Å²) in [5.74, 6) is -0.419. The first kappa shape index (κ1) is 22.0. The molecule has 0 unspecified atom stereocenters. The molecule has 0 bridgehead atoms. The third-order valence-corrected chi connectivity index (χ3v) is 6.42. The number of benzene rings is 3. The van der Waals surface area contributed by atoms with E-state index in [9.17, 15) is 13.2 Å². The van der Waals surface area contributed by atoms with Crippen molar-refractivity contribution in [3.8, 4) is 0 Å². The smallest absolute Gasteiger partial charge is 0.242 e. The monoisotopic (exact) mass is 442 g/mol. The first-order valence-electron chi connectivity index (χ1n) is 9.59. The third kappa shape index (κ3) is 5.69. The van der Waals surface area contributed by atoms with Crippen LogP contribution in [-0.4, -0.2) is 20.4 Å². The molecule has 2 N–H and O–H groups in total. The molecule has 3 aromatic carbocycles. The summed E-state index contributed by atoms with van der Waals surface area (Å²) in [6, 6.07) is 21.6. The van der Waals surface area contributed by atoms with Crippen molar-refractivity contribution in [2.75, 3.05) is 5.32 Å². The minimum absolute atomic E-state index is 0.0479. The van der Waals surface area contributed by atoms with Crippen molar-refractivity contribution in [1.82, 2.24) is 4.72 Å². The van der Waals surface area contributed by atoms with E-state index in [0.29, 0.717) is 10.7 Å². The van der Waals surface area contributed by atoms with Crippen LogP contribution in [0.5, 0.6) is 0 Å². The van der Waals surface area contributed by atoms with Gasteiger partial charge in [0.05, 0.1) is 4.90 Å². The van der Waals surface area contributed by atoms with E-state index in [0.717, 1.165) is 17.5 Å². The predicted molar refractivity (Wildman–Crippen MR) is 120 cm³/mol. The van der Waals surface area contributed by atoms with Crippen LogP contribution in [0, 0.1) is 0 Å². The number of para-hydroxylation sites is 1. The third-order valence-electron chi connectivity index (χ3n) is 4.68. The molecule has 3 rings (SSSR count). The number of nitrogens with one attached hydrogen (secondary N) is 2. The molecule has 3 aromatic rings. The van der Waals surface area contributed by atoms with E-state index in [4.69, 9.17) is 11.6 Å². The zero-order valence-electron chi connectivity index (χ0n) is 16.5. The van der Waals surface area contributed by atoms with Crippen molar-refractivity contribution in [2.24, 2.45) is 0 Å². The van der Waals surface area contributed by atoms with Gasteiger partial charge in [0.15, 0.2) is 0 Å². The van der Waals surface area contributed by atoms with Crippen LogP contribution < -0.4 is 10.0 Å². The summed E-state index contributed by atoms with van der Waals surface area (Å²) in [6.45, 7) is 2.00. The van der Waals surface area contributed by atoms with E-state index < -0.39 is 22.0 Å². The van der Waals surface area contributed by atoms with Crippen LogP contribution in [0.4, 0.5) is 5.69 Å². The summed E-state index contributed by atoms with van der Waals surface area (Å²) in [4.78, 5) is 13.1. The fourth-order valence-electron chi connectivity index (χ4n) is 3.08. The zero-order valence-corrected chi connectivity index (χ0v) is 18.1. The minimum Gasteiger partial charge on any atom is -0.324 e. The van der Waals surface area contributed by atoms with E-state index in [2.05, 4.69) is 10.0 Å². The molecule has 1 amide bonds. The molecule has 0 aliphatic carbocycles. The Bertz CT molecular complexity index is 1100. The second-order valence-electron chi connectivity index (χ2n) is 6.82. The number of hydrogen-bond donors (Lipinski definition) is 2. The van der Waals surface area contributed by atoms with Gasteiger partial charge in [-0.15, -0.1) is 0 Å². The molecule has 0 spiro atoms. The van der Waals surface area contributed by atoms with Crippen LogP contribution >= 0.6 is 11.6 Å². The molecule has 0 radical (unpaired) electrons. The van der Waals surface area contributed by atoms with Crippen molar-refractivity contribution < 1.29 is 13.2 Å². The Morgan fingerprint density at radius 3 is 2.23 bits per heavy atom.